The lowest BCUT2D eigenvalue weighted by Gasteiger charge is -2.21. The topological polar surface area (TPSA) is 50.1 Å². The van der Waals surface area contributed by atoms with E-state index >= 15 is 0 Å². The lowest BCUT2D eigenvalue weighted by Crippen LogP contribution is -2.26. The van der Waals surface area contributed by atoms with Gasteiger partial charge in [-0.15, -0.1) is 0 Å². The number of carbonyl (C=O) groups excluding carboxylic acids is 1. The molecule has 21 heavy (non-hydrogen) atoms. The molecule has 0 spiro atoms. The average Bonchev–Trinajstić information content (AvgIpc) is 2.55. The summed E-state index contributed by atoms with van der Waals surface area (Å²) in [6.07, 6.45) is 3.70. The summed E-state index contributed by atoms with van der Waals surface area (Å²) >= 11 is 0. The molecule has 2 aromatic rings. The van der Waals surface area contributed by atoms with E-state index in [0.29, 0.717) is 23.5 Å². The Morgan fingerprint density at radius 2 is 2.05 bits per heavy atom. The molecular formula is C18H13NO2. The van der Waals surface area contributed by atoms with Crippen LogP contribution in [0.25, 0.3) is 6.08 Å². The molecule has 1 atom stereocenters. The second-order valence-corrected chi connectivity index (χ2v) is 4.87. The molecule has 3 nitrogen and oxygen atoms in total. The molecule has 0 N–H and O–H groups in total. The molecule has 1 heterocycles. The number of rotatable bonds is 2. The number of para-hydroxylation sites is 1. The molecule has 0 amide bonds. The summed E-state index contributed by atoms with van der Waals surface area (Å²) in [5, 5.41) is 8.88. The maximum Gasteiger partial charge on any atom is 0.176 e. The van der Waals surface area contributed by atoms with Crippen LogP contribution in [0.3, 0.4) is 0 Å². The number of nitrogens with zero attached hydrogens (tertiary/aromatic N) is 1. The van der Waals surface area contributed by atoms with Crippen LogP contribution >= 0.6 is 0 Å². The Kier molecular flexibility index (Phi) is 3.53. The predicted molar refractivity (Wildman–Crippen MR) is 79.9 cm³/mol. The molecule has 1 unspecified atom stereocenters. The lowest BCUT2D eigenvalue weighted by molar-refractivity contribution is 0.0874. The molecule has 0 aliphatic carbocycles. The molecule has 3 heteroatoms. The van der Waals surface area contributed by atoms with Gasteiger partial charge in [0.2, 0.25) is 0 Å². The van der Waals surface area contributed by atoms with E-state index in [0.717, 1.165) is 5.56 Å². The van der Waals surface area contributed by atoms with Gasteiger partial charge in [-0.3, -0.25) is 4.79 Å². The summed E-state index contributed by atoms with van der Waals surface area (Å²) < 4.78 is 5.62. The van der Waals surface area contributed by atoms with Crippen molar-refractivity contribution in [2.24, 2.45) is 5.92 Å². The third kappa shape index (κ3) is 2.70. The van der Waals surface area contributed by atoms with Gasteiger partial charge in [0.25, 0.3) is 0 Å². The maximum absolute atomic E-state index is 12.4. The van der Waals surface area contributed by atoms with E-state index < -0.39 is 0 Å². The molecule has 0 radical (unpaired) electrons. The molecule has 102 valence electrons. The third-order valence-electron chi connectivity index (χ3n) is 3.44. The van der Waals surface area contributed by atoms with Gasteiger partial charge in [0.1, 0.15) is 12.4 Å². The SMILES string of the molecule is N#Cc1cccc(/C=C/C2COc3ccccc3C2=O)c1. The Morgan fingerprint density at radius 3 is 2.90 bits per heavy atom. The molecule has 2 aromatic carbocycles. The summed E-state index contributed by atoms with van der Waals surface area (Å²) in [6, 6.07) is 16.7. The summed E-state index contributed by atoms with van der Waals surface area (Å²) in [5.41, 5.74) is 2.14. The van der Waals surface area contributed by atoms with Gasteiger partial charge in [-0.1, -0.05) is 36.4 Å². The second-order valence-electron chi connectivity index (χ2n) is 4.87. The number of hydrogen-bond acceptors (Lipinski definition) is 3. The Morgan fingerprint density at radius 1 is 1.19 bits per heavy atom. The first kappa shape index (κ1) is 13.1. The highest BCUT2D eigenvalue weighted by atomic mass is 16.5. The third-order valence-corrected chi connectivity index (χ3v) is 3.44. The van der Waals surface area contributed by atoms with Crippen LogP contribution in [0, 0.1) is 17.2 Å². The maximum atomic E-state index is 12.4. The lowest BCUT2D eigenvalue weighted by atomic mass is 9.94. The molecule has 0 saturated carbocycles. The fraction of sp³-hybridized carbons (Fsp3) is 0.111. The zero-order chi connectivity index (χ0) is 14.7. The van der Waals surface area contributed by atoms with Crippen LogP contribution in [0.15, 0.2) is 54.6 Å². The number of Topliss-reactive ketones (excluding diaryl/α,β-unsaturated/α-hetero) is 1. The van der Waals surface area contributed by atoms with E-state index in [1.54, 1.807) is 18.2 Å². The quantitative estimate of drug-likeness (QED) is 0.843. The van der Waals surface area contributed by atoms with Gasteiger partial charge < -0.3 is 4.74 Å². The van der Waals surface area contributed by atoms with Crippen LogP contribution < -0.4 is 4.74 Å². The minimum Gasteiger partial charge on any atom is -0.492 e. The number of nitriles is 1. The van der Waals surface area contributed by atoms with Gasteiger partial charge in [0.15, 0.2) is 5.78 Å². The number of hydrogen-bond donors (Lipinski definition) is 0. The molecule has 1 aliphatic heterocycles. The van der Waals surface area contributed by atoms with Crippen molar-refractivity contribution in [2.75, 3.05) is 6.61 Å². The summed E-state index contributed by atoms with van der Waals surface area (Å²) in [4.78, 5) is 12.4. The van der Waals surface area contributed by atoms with Crippen molar-refractivity contribution < 1.29 is 9.53 Å². The highest BCUT2D eigenvalue weighted by Crippen LogP contribution is 2.27. The Labute approximate surface area is 123 Å². The largest absolute Gasteiger partial charge is 0.492 e. The van der Waals surface area contributed by atoms with Crippen molar-refractivity contribution in [1.82, 2.24) is 0 Å². The van der Waals surface area contributed by atoms with Crippen molar-refractivity contribution in [3.8, 4) is 11.8 Å². The Hall–Kier alpha value is -2.86. The van der Waals surface area contributed by atoms with Crippen LogP contribution in [0.1, 0.15) is 21.5 Å². The molecule has 0 fully saturated rings. The van der Waals surface area contributed by atoms with Gasteiger partial charge in [0.05, 0.1) is 23.1 Å². The van der Waals surface area contributed by atoms with Crippen LogP contribution in [0.4, 0.5) is 0 Å². The number of fused-ring (bicyclic) bond motifs is 1. The standard InChI is InChI=1S/C18H13NO2/c19-11-14-5-3-4-13(10-14)8-9-15-12-21-17-7-2-1-6-16(17)18(15)20/h1-10,15H,12H2/b9-8+. The van der Waals surface area contributed by atoms with Crippen molar-refractivity contribution >= 4 is 11.9 Å². The fourth-order valence-electron chi connectivity index (χ4n) is 2.33. The second kappa shape index (κ2) is 5.64. The number of ketones is 1. The predicted octanol–water partition coefficient (Wildman–Crippen LogP) is 3.46. The van der Waals surface area contributed by atoms with Crippen molar-refractivity contribution in [2.45, 2.75) is 0 Å². The van der Waals surface area contributed by atoms with Crippen molar-refractivity contribution in [1.29, 1.82) is 5.26 Å². The molecule has 3 rings (SSSR count). The minimum atomic E-state index is -0.286. The number of ether oxygens (including phenoxy) is 1. The molecule has 0 bridgehead atoms. The number of carbonyl (C=O) groups is 1. The normalized spacial score (nSPS) is 17.1. The van der Waals surface area contributed by atoms with Gasteiger partial charge >= 0.3 is 0 Å². The molecule has 1 aliphatic rings. The van der Waals surface area contributed by atoms with Gasteiger partial charge in [-0.25, -0.2) is 0 Å². The summed E-state index contributed by atoms with van der Waals surface area (Å²) in [7, 11) is 0. The number of benzene rings is 2. The zero-order valence-corrected chi connectivity index (χ0v) is 11.3. The van der Waals surface area contributed by atoms with E-state index in [9.17, 15) is 4.79 Å². The molecule has 0 saturated heterocycles. The fourth-order valence-corrected chi connectivity index (χ4v) is 2.33. The summed E-state index contributed by atoms with van der Waals surface area (Å²) in [6.45, 7) is 0.351. The van der Waals surface area contributed by atoms with Gasteiger partial charge in [0, 0.05) is 0 Å². The monoisotopic (exact) mass is 275 g/mol. The highest BCUT2D eigenvalue weighted by Gasteiger charge is 2.26. The van der Waals surface area contributed by atoms with Crippen LogP contribution in [-0.4, -0.2) is 12.4 Å². The van der Waals surface area contributed by atoms with Crippen molar-refractivity contribution in [3.63, 3.8) is 0 Å². The minimum absolute atomic E-state index is 0.0736. The zero-order valence-electron chi connectivity index (χ0n) is 11.3. The van der Waals surface area contributed by atoms with Gasteiger partial charge in [-0.2, -0.15) is 5.26 Å². The van der Waals surface area contributed by atoms with Crippen LogP contribution in [0.2, 0.25) is 0 Å². The van der Waals surface area contributed by atoms with E-state index in [2.05, 4.69) is 6.07 Å². The Bertz CT molecular complexity index is 756. The first-order valence-corrected chi connectivity index (χ1v) is 6.72. The van der Waals surface area contributed by atoms with E-state index in [-0.39, 0.29) is 11.7 Å². The Balaban J connectivity index is 1.82. The van der Waals surface area contributed by atoms with Crippen LogP contribution in [0.5, 0.6) is 5.75 Å². The first-order chi connectivity index (χ1) is 10.3. The van der Waals surface area contributed by atoms with Gasteiger partial charge in [-0.05, 0) is 29.8 Å². The van der Waals surface area contributed by atoms with Crippen LogP contribution in [-0.2, 0) is 0 Å². The highest BCUT2D eigenvalue weighted by molar-refractivity contribution is 6.02. The van der Waals surface area contributed by atoms with E-state index in [1.807, 2.05) is 42.5 Å². The molecule has 0 aromatic heterocycles. The smallest absolute Gasteiger partial charge is 0.176 e. The summed E-state index contributed by atoms with van der Waals surface area (Å²) in [5.74, 6) is 0.439. The average molecular weight is 275 g/mol. The first-order valence-electron chi connectivity index (χ1n) is 6.72. The van der Waals surface area contributed by atoms with E-state index in [4.69, 9.17) is 10.00 Å². The molecular weight excluding hydrogens is 262 g/mol. The van der Waals surface area contributed by atoms with E-state index in [1.165, 1.54) is 0 Å². The van der Waals surface area contributed by atoms with Crippen molar-refractivity contribution in [3.05, 3.63) is 71.3 Å².